The second-order valence-electron chi connectivity index (χ2n) is 7.73. The van der Waals surface area contributed by atoms with Crippen molar-refractivity contribution >= 4 is 17.3 Å². The summed E-state index contributed by atoms with van der Waals surface area (Å²) in [5.41, 5.74) is 20.7. The highest BCUT2D eigenvalue weighted by Gasteiger charge is 2.12. The fourth-order valence-electron chi connectivity index (χ4n) is 3.91. The van der Waals surface area contributed by atoms with Gasteiger partial charge in [0, 0.05) is 12.1 Å². The molecule has 5 N–H and O–H groups in total. The smallest absolute Gasteiger partial charge is 0.198 e. The average Bonchev–Trinajstić information content (AvgIpc) is 2.97. The van der Waals surface area contributed by atoms with E-state index in [-0.39, 0.29) is 0 Å². The fraction of sp³-hybridized carbons (Fsp3) is 0.370. The Morgan fingerprint density at radius 2 is 1.72 bits per heavy atom. The molecule has 0 spiro atoms. The predicted octanol–water partition coefficient (Wildman–Crippen LogP) is 6.41. The molecule has 0 saturated heterocycles. The number of allylic oxidation sites excluding steroid dienone is 4. The van der Waals surface area contributed by atoms with Crippen LogP contribution in [0.3, 0.4) is 0 Å². The van der Waals surface area contributed by atoms with Crippen LogP contribution >= 0.6 is 0 Å². The number of rotatable bonds is 5. The number of aryl methyl sites for hydroxylation is 3. The summed E-state index contributed by atoms with van der Waals surface area (Å²) in [6.07, 6.45) is 6.84. The first-order valence-electron chi connectivity index (χ1n) is 11.5. The number of benzene rings is 2. The second-order valence-corrected chi connectivity index (χ2v) is 7.73. The van der Waals surface area contributed by atoms with Gasteiger partial charge < -0.3 is 21.5 Å². The molecule has 0 fully saturated rings. The van der Waals surface area contributed by atoms with Crippen molar-refractivity contribution in [3.05, 3.63) is 70.6 Å². The molecule has 2 aromatic rings. The van der Waals surface area contributed by atoms with Crippen LogP contribution in [0, 0.1) is 20.8 Å². The summed E-state index contributed by atoms with van der Waals surface area (Å²) in [5, 5.41) is 3.22. The van der Waals surface area contributed by atoms with Gasteiger partial charge in [-0.15, -0.1) is 0 Å². The van der Waals surface area contributed by atoms with Crippen molar-refractivity contribution < 1.29 is 4.74 Å². The fourth-order valence-corrected chi connectivity index (χ4v) is 3.91. The van der Waals surface area contributed by atoms with Gasteiger partial charge in [-0.25, -0.2) is 4.99 Å². The standard InChI is InChI=1S/C25H32N4O.C2H6/c1-5-30-21-11-7-10-20(12-13-21)28-25(27)29-24-18(4)14-19(15-22(24)26)23-16(2)8-6-9-17(23)3;1-2/h6,8-9,12-15H,5,7,10-11,26H2,1-4H3,(H3,27,28,29);1-2H3. The number of anilines is 1. The lowest BCUT2D eigenvalue weighted by atomic mass is 9.94. The van der Waals surface area contributed by atoms with Gasteiger partial charge in [-0.3, -0.25) is 0 Å². The molecule has 1 aliphatic carbocycles. The monoisotopic (exact) mass is 434 g/mol. The van der Waals surface area contributed by atoms with Crippen LogP contribution in [0.2, 0.25) is 0 Å². The van der Waals surface area contributed by atoms with Crippen molar-refractivity contribution in [2.45, 2.75) is 60.8 Å². The molecule has 0 atom stereocenters. The Labute approximate surface area is 193 Å². The number of nitrogens with zero attached hydrogens (tertiary/aromatic N) is 1. The molecular formula is C27H38N4O. The molecule has 0 saturated carbocycles. The van der Waals surface area contributed by atoms with Crippen LogP contribution in [0.1, 0.15) is 56.7 Å². The third-order valence-corrected chi connectivity index (χ3v) is 5.29. The number of hydrogen-bond acceptors (Lipinski definition) is 3. The highest BCUT2D eigenvalue weighted by molar-refractivity contribution is 5.87. The molecule has 32 heavy (non-hydrogen) atoms. The van der Waals surface area contributed by atoms with Gasteiger partial charge in [0.05, 0.1) is 23.7 Å². The number of ether oxygens (including phenoxy) is 1. The Balaban J connectivity index is 0.00000176. The Morgan fingerprint density at radius 1 is 1.03 bits per heavy atom. The molecule has 0 amide bonds. The van der Waals surface area contributed by atoms with Crippen LogP contribution in [0.25, 0.3) is 11.1 Å². The maximum absolute atomic E-state index is 6.39. The molecule has 0 unspecified atom stereocenters. The molecule has 0 radical (unpaired) electrons. The van der Waals surface area contributed by atoms with Crippen molar-refractivity contribution in [1.29, 1.82) is 0 Å². The predicted molar refractivity (Wildman–Crippen MR) is 138 cm³/mol. The first-order valence-corrected chi connectivity index (χ1v) is 11.5. The number of nitrogens with two attached hydrogens (primary N) is 2. The number of aliphatic imine (C=N–C) groups is 1. The van der Waals surface area contributed by atoms with E-state index in [4.69, 9.17) is 16.2 Å². The minimum Gasteiger partial charge on any atom is -0.498 e. The highest BCUT2D eigenvalue weighted by Crippen LogP contribution is 2.35. The van der Waals surface area contributed by atoms with Crippen molar-refractivity contribution in [2.75, 3.05) is 12.3 Å². The van der Waals surface area contributed by atoms with E-state index in [9.17, 15) is 0 Å². The van der Waals surface area contributed by atoms with Crippen LogP contribution < -0.4 is 16.8 Å². The molecule has 172 valence electrons. The largest absolute Gasteiger partial charge is 0.498 e. The van der Waals surface area contributed by atoms with Crippen LogP contribution in [-0.2, 0) is 4.74 Å². The lowest BCUT2D eigenvalue weighted by Gasteiger charge is -2.14. The van der Waals surface area contributed by atoms with Gasteiger partial charge in [0.2, 0.25) is 0 Å². The number of hydrogen-bond donors (Lipinski definition) is 3. The topological polar surface area (TPSA) is 85.7 Å². The molecule has 2 aromatic carbocycles. The lowest BCUT2D eigenvalue weighted by molar-refractivity contribution is 0.217. The Bertz CT molecular complexity index is 971. The third-order valence-electron chi connectivity index (χ3n) is 5.29. The lowest BCUT2D eigenvalue weighted by Crippen LogP contribution is -2.30. The zero-order valence-electron chi connectivity index (χ0n) is 20.4. The summed E-state index contributed by atoms with van der Waals surface area (Å²) in [6, 6.07) is 10.4. The molecule has 0 heterocycles. The minimum absolute atomic E-state index is 0.337. The maximum atomic E-state index is 6.39. The number of nitrogens with one attached hydrogen (secondary N) is 1. The number of nitrogen functional groups attached to an aromatic ring is 1. The summed E-state index contributed by atoms with van der Waals surface area (Å²) in [5.74, 6) is 1.34. The average molecular weight is 435 g/mol. The van der Waals surface area contributed by atoms with E-state index in [0.717, 1.165) is 41.8 Å². The minimum atomic E-state index is 0.337. The van der Waals surface area contributed by atoms with Crippen LogP contribution in [0.5, 0.6) is 0 Å². The summed E-state index contributed by atoms with van der Waals surface area (Å²) >= 11 is 0. The SMILES string of the molecule is CC.CCOC1=CC=C(NC(N)=Nc2c(C)cc(-c3c(C)cccc3C)cc2N)CCC1. The molecule has 0 aliphatic heterocycles. The summed E-state index contributed by atoms with van der Waals surface area (Å²) < 4.78 is 5.62. The van der Waals surface area contributed by atoms with E-state index in [1.165, 1.54) is 16.7 Å². The summed E-state index contributed by atoms with van der Waals surface area (Å²) in [7, 11) is 0. The zero-order chi connectivity index (χ0) is 23.7. The quantitative estimate of drug-likeness (QED) is 0.288. The van der Waals surface area contributed by atoms with E-state index in [1.54, 1.807) is 0 Å². The molecular weight excluding hydrogens is 396 g/mol. The second kappa shape index (κ2) is 12.0. The first-order chi connectivity index (χ1) is 15.4. The normalized spacial score (nSPS) is 13.9. The molecule has 1 aliphatic rings. The van der Waals surface area contributed by atoms with Gasteiger partial charge >= 0.3 is 0 Å². The van der Waals surface area contributed by atoms with Crippen molar-refractivity contribution in [3.63, 3.8) is 0 Å². The molecule has 0 bridgehead atoms. The molecule has 3 rings (SSSR count). The molecule has 5 nitrogen and oxygen atoms in total. The Hall–Kier alpha value is -3.21. The zero-order valence-corrected chi connectivity index (χ0v) is 20.4. The summed E-state index contributed by atoms with van der Waals surface area (Å²) in [4.78, 5) is 4.58. The van der Waals surface area contributed by atoms with Gasteiger partial charge in [0.15, 0.2) is 5.96 Å². The Morgan fingerprint density at radius 3 is 2.34 bits per heavy atom. The highest BCUT2D eigenvalue weighted by atomic mass is 16.5. The van der Waals surface area contributed by atoms with Gasteiger partial charge in [0.1, 0.15) is 0 Å². The van der Waals surface area contributed by atoms with Gasteiger partial charge in [-0.1, -0.05) is 32.0 Å². The van der Waals surface area contributed by atoms with Crippen LogP contribution in [0.15, 0.2) is 58.9 Å². The summed E-state index contributed by atoms with van der Waals surface area (Å²) in [6.45, 7) is 12.9. The van der Waals surface area contributed by atoms with E-state index in [2.05, 4.69) is 48.4 Å². The first kappa shape index (κ1) is 25.1. The van der Waals surface area contributed by atoms with Crippen LogP contribution in [-0.4, -0.2) is 12.6 Å². The van der Waals surface area contributed by atoms with Gasteiger partial charge in [0.25, 0.3) is 0 Å². The van der Waals surface area contributed by atoms with E-state index in [0.29, 0.717) is 23.9 Å². The van der Waals surface area contributed by atoms with Gasteiger partial charge in [-0.2, -0.15) is 0 Å². The van der Waals surface area contributed by atoms with Crippen molar-refractivity contribution in [2.24, 2.45) is 10.7 Å². The van der Waals surface area contributed by atoms with Crippen LogP contribution in [0.4, 0.5) is 11.4 Å². The molecule has 5 heteroatoms. The third kappa shape index (κ3) is 6.39. The maximum Gasteiger partial charge on any atom is 0.198 e. The molecule has 0 aromatic heterocycles. The van der Waals surface area contributed by atoms with E-state index >= 15 is 0 Å². The van der Waals surface area contributed by atoms with E-state index < -0.39 is 0 Å². The Kier molecular flexibility index (Phi) is 9.39. The van der Waals surface area contributed by atoms with E-state index in [1.807, 2.05) is 45.9 Å². The number of guanidine groups is 1. The van der Waals surface area contributed by atoms with Crippen molar-refractivity contribution in [1.82, 2.24) is 5.32 Å². The van der Waals surface area contributed by atoms with Crippen molar-refractivity contribution in [3.8, 4) is 11.1 Å². The van der Waals surface area contributed by atoms with Gasteiger partial charge in [-0.05, 0) is 92.6 Å².